The van der Waals surface area contributed by atoms with Crippen molar-refractivity contribution in [3.8, 4) is 11.3 Å². The SMILES string of the molecule is CC(C)[C@H](Nc1ccc(C(F)(F)F)cc1Cl)C(=O)Nc1nc(-c2ccccc2Cl)cs1. The first-order chi connectivity index (χ1) is 14.6. The number of nitrogens with one attached hydrogen (secondary N) is 2. The number of halogens is 5. The maximum absolute atomic E-state index is 12.9. The summed E-state index contributed by atoms with van der Waals surface area (Å²) < 4.78 is 38.6. The Kier molecular flexibility index (Phi) is 7.13. The molecule has 3 rings (SSSR count). The van der Waals surface area contributed by atoms with Crippen LogP contribution in [0.25, 0.3) is 11.3 Å². The zero-order valence-electron chi connectivity index (χ0n) is 16.4. The minimum absolute atomic E-state index is 0.122. The van der Waals surface area contributed by atoms with Gasteiger partial charge in [0.15, 0.2) is 5.13 Å². The van der Waals surface area contributed by atoms with Gasteiger partial charge in [-0.2, -0.15) is 13.2 Å². The third-order valence-electron chi connectivity index (χ3n) is 4.44. The van der Waals surface area contributed by atoms with E-state index in [1.807, 2.05) is 32.0 Å². The molecule has 31 heavy (non-hydrogen) atoms. The molecule has 0 aliphatic heterocycles. The maximum atomic E-state index is 12.9. The van der Waals surface area contributed by atoms with Crippen LogP contribution in [0.3, 0.4) is 0 Å². The first kappa shape index (κ1) is 23.4. The van der Waals surface area contributed by atoms with Gasteiger partial charge in [0.25, 0.3) is 0 Å². The molecule has 3 aromatic rings. The van der Waals surface area contributed by atoms with Crippen molar-refractivity contribution >= 4 is 51.3 Å². The van der Waals surface area contributed by atoms with Gasteiger partial charge in [0.2, 0.25) is 5.91 Å². The van der Waals surface area contributed by atoms with Crippen molar-refractivity contribution in [2.45, 2.75) is 26.1 Å². The molecule has 1 aromatic heterocycles. The van der Waals surface area contributed by atoms with Crippen molar-refractivity contribution in [3.05, 3.63) is 63.5 Å². The molecule has 1 amide bonds. The molecule has 4 nitrogen and oxygen atoms in total. The third kappa shape index (κ3) is 5.70. The molecule has 0 saturated carbocycles. The molecular weight excluding hydrogens is 470 g/mol. The second-order valence-electron chi connectivity index (χ2n) is 7.07. The van der Waals surface area contributed by atoms with Gasteiger partial charge in [-0.25, -0.2) is 4.98 Å². The zero-order valence-corrected chi connectivity index (χ0v) is 18.8. The lowest BCUT2D eigenvalue weighted by Crippen LogP contribution is -2.39. The zero-order chi connectivity index (χ0) is 22.8. The van der Waals surface area contributed by atoms with Crippen molar-refractivity contribution < 1.29 is 18.0 Å². The Morgan fingerprint density at radius 2 is 1.81 bits per heavy atom. The van der Waals surface area contributed by atoms with Gasteiger partial charge in [-0.15, -0.1) is 11.3 Å². The Balaban J connectivity index is 1.76. The van der Waals surface area contributed by atoms with Gasteiger partial charge >= 0.3 is 6.18 Å². The van der Waals surface area contributed by atoms with E-state index in [2.05, 4.69) is 15.6 Å². The van der Waals surface area contributed by atoms with Crippen LogP contribution in [0.1, 0.15) is 19.4 Å². The Morgan fingerprint density at radius 1 is 1.10 bits per heavy atom. The van der Waals surface area contributed by atoms with Crippen molar-refractivity contribution in [3.63, 3.8) is 0 Å². The molecule has 0 unspecified atom stereocenters. The highest BCUT2D eigenvalue weighted by Gasteiger charge is 2.31. The number of carbonyl (C=O) groups is 1. The Labute approximate surface area is 191 Å². The first-order valence-electron chi connectivity index (χ1n) is 9.21. The van der Waals surface area contributed by atoms with Crippen molar-refractivity contribution in [2.75, 3.05) is 10.6 Å². The fourth-order valence-corrected chi connectivity index (χ4v) is 4.00. The molecule has 0 spiro atoms. The lowest BCUT2D eigenvalue weighted by molar-refractivity contribution is -0.137. The minimum Gasteiger partial charge on any atom is -0.372 e. The highest BCUT2D eigenvalue weighted by Crippen LogP contribution is 2.34. The molecule has 10 heteroatoms. The van der Waals surface area contributed by atoms with E-state index in [0.29, 0.717) is 15.8 Å². The first-order valence-corrected chi connectivity index (χ1v) is 10.8. The molecule has 0 fully saturated rings. The maximum Gasteiger partial charge on any atom is 0.416 e. The van der Waals surface area contributed by atoms with E-state index in [0.717, 1.165) is 17.7 Å². The third-order valence-corrected chi connectivity index (χ3v) is 5.84. The number of aromatic nitrogens is 1. The molecule has 0 radical (unpaired) electrons. The lowest BCUT2D eigenvalue weighted by Gasteiger charge is -2.23. The van der Waals surface area contributed by atoms with Gasteiger partial charge < -0.3 is 10.6 Å². The Hall–Kier alpha value is -2.29. The fraction of sp³-hybridized carbons (Fsp3) is 0.238. The highest BCUT2D eigenvalue weighted by atomic mass is 35.5. The number of alkyl halides is 3. The smallest absolute Gasteiger partial charge is 0.372 e. The van der Waals surface area contributed by atoms with Crippen LogP contribution in [0.15, 0.2) is 47.8 Å². The van der Waals surface area contributed by atoms with E-state index >= 15 is 0 Å². The van der Waals surface area contributed by atoms with E-state index < -0.39 is 17.8 Å². The molecule has 1 heterocycles. The monoisotopic (exact) mass is 487 g/mol. The number of carbonyl (C=O) groups excluding carboxylic acids is 1. The van der Waals surface area contributed by atoms with Crippen LogP contribution in [0, 0.1) is 5.92 Å². The fourth-order valence-electron chi connectivity index (χ4n) is 2.82. The summed E-state index contributed by atoms with van der Waals surface area (Å²) in [7, 11) is 0. The second-order valence-corrected chi connectivity index (χ2v) is 8.74. The predicted molar refractivity (Wildman–Crippen MR) is 120 cm³/mol. The van der Waals surface area contributed by atoms with Crippen LogP contribution in [-0.4, -0.2) is 16.9 Å². The van der Waals surface area contributed by atoms with Crippen molar-refractivity contribution in [2.24, 2.45) is 5.92 Å². The number of hydrogen-bond donors (Lipinski definition) is 2. The number of rotatable bonds is 6. The molecule has 0 bridgehead atoms. The topological polar surface area (TPSA) is 54.0 Å². The van der Waals surface area contributed by atoms with Crippen molar-refractivity contribution in [1.29, 1.82) is 0 Å². The quantitative estimate of drug-likeness (QED) is 0.386. The Morgan fingerprint density at radius 3 is 2.42 bits per heavy atom. The number of thiazole rings is 1. The number of benzene rings is 2. The average Bonchev–Trinajstić information content (AvgIpc) is 3.14. The van der Waals surface area contributed by atoms with Gasteiger partial charge in [-0.1, -0.05) is 55.2 Å². The average molecular weight is 488 g/mol. The van der Waals surface area contributed by atoms with E-state index in [9.17, 15) is 18.0 Å². The number of hydrogen-bond acceptors (Lipinski definition) is 4. The summed E-state index contributed by atoms with van der Waals surface area (Å²) in [6.45, 7) is 3.62. The molecule has 1 atom stereocenters. The van der Waals surface area contributed by atoms with Crippen LogP contribution in [0.5, 0.6) is 0 Å². The second kappa shape index (κ2) is 9.46. The van der Waals surface area contributed by atoms with E-state index in [4.69, 9.17) is 23.2 Å². The van der Waals surface area contributed by atoms with Gasteiger partial charge in [0.1, 0.15) is 6.04 Å². The van der Waals surface area contributed by atoms with E-state index in [1.165, 1.54) is 17.4 Å². The van der Waals surface area contributed by atoms with Gasteiger partial charge in [-0.05, 0) is 30.2 Å². The largest absolute Gasteiger partial charge is 0.416 e. The standard InChI is InChI=1S/C21H18Cl2F3N3OS/c1-11(2)18(27-16-8-7-12(9-15(16)23)21(24,25)26)19(30)29-20-28-17(10-31-20)13-5-3-4-6-14(13)22/h3-11,18,27H,1-2H3,(H,28,29,30)/t18-/m0/s1. The van der Waals surface area contributed by atoms with Gasteiger partial charge in [0.05, 0.1) is 22.0 Å². The van der Waals surface area contributed by atoms with Crippen LogP contribution in [0.4, 0.5) is 24.0 Å². The lowest BCUT2D eigenvalue weighted by atomic mass is 10.0. The molecule has 2 N–H and O–H groups in total. The summed E-state index contributed by atoms with van der Waals surface area (Å²) in [4.78, 5) is 17.3. The molecule has 2 aromatic carbocycles. The van der Waals surface area contributed by atoms with Crippen LogP contribution >= 0.6 is 34.5 Å². The molecule has 0 saturated heterocycles. The summed E-state index contributed by atoms with van der Waals surface area (Å²) in [5, 5.41) is 8.27. The summed E-state index contributed by atoms with van der Waals surface area (Å²) in [6.07, 6.45) is -4.50. The summed E-state index contributed by atoms with van der Waals surface area (Å²) in [5.74, 6) is -0.563. The molecule has 0 aliphatic rings. The number of amides is 1. The summed E-state index contributed by atoms with van der Waals surface area (Å²) in [6, 6.07) is 9.44. The van der Waals surface area contributed by atoms with Crippen LogP contribution in [0.2, 0.25) is 10.0 Å². The number of nitrogens with zero attached hydrogens (tertiary/aromatic N) is 1. The van der Waals surface area contributed by atoms with Crippen molar-refractivity contribution in [1.82, 2.24) is 4.98 Å². The molecule has 0 aliphatic carbocycles. The number of anilines is 2. The minimum atomic E-state index is -4.50. The van der Waals surface area contributed by atoms with E-state index in [1.54, 1.807) is 11.4 Å². The van der Waals surface area contributed by atoms with Gasteiger partial charge in [0, 0.05) is 16.0 Å². The Bertz CT molecular complexity index is 1090. The predicted octanol–water partition coefficient (Wildman–Crippen LogP) is 7.21. The van der Waals surface area contributed by atoms with Gasteiger partial charge in [-0.3, -0.25) is 4.79 Å². The normalized spacial score (nSPS) is 12.6. The highest BCUT2D eigenvalue weighted by molar-refractivity contribution is 7.14. The molecule has 164 valence electrons. The summed E-state index contributed by atoms with van der Waals surface area (Å²) in [5.41, 5.74) is 0.754. The summed E-state index contributed by atoms with van der Waals surface area (Å²) >= 11 is 13.5. The van der Waals surface area contributed by atoms with Crippen LogP contribution in [-0.2, 0) is 11.0 Å². The van der Waals surface area contributed by atoms with Crippen LogP contribution < -0.4 is 10.6 Å². The molecular formula is C21H18Cl2F3N3OS. The van der Waals surface area contributed by atoms with E-state index in [-0.39, 0.29) is 22.5 Å².